The van der Waals surface area contributed by atoms with Crippen LogP contribution < -0.4 is 10.1 Å². The Labute approximate surface area is 90.4 Å². The van der Waals surface area contributed by atoms with Gasteiger partial charge in [-0.3, -0.25) is 0 Å². The Morgan fingerprint density at radius 1 is 1.25 bits per heavy atom. The predicted molar refractivity (Wildman–Crippen MR) is 52.5 cm³/mol. The molecule has 1 saturated carbocycles. The van der Waals surface area contributed by atoms with Crippen LogP contribution in [0.2, 0.25) is 0 Å². The van der Waals surface area contributed by atoms with E-state index in [1.54, 1.807) is 6.07 Å². The molecule has 0 saturated heterocycles. The summed E-state index contributed by atoms with van der Waals surface area (Å²) < 4.78 is 40.5. The summed E-state index contributed by atoms with van der Waals surface area (Å²) in [6, 6.07) is 4.85. The molecule has 1 N–H and O–H groups in total. The molecule has 3 rings (SSSR count). The third-order valence-corrected chi connectivity index (χ3v) is 3.28. The van der Waals surface area contributed by atoms with Crippen molar-refractivity contribution in [1.29, 1.82) is 0 Å². The van der Waals surface area contributed by atoms with Crippen LogP contribution >= 0.6 is 0 Å². The van der Waals surface area contributed by atoms with E-state index in [2.05, 4.69) is 10.1 Å². The maximum atomic E-state index is 12.2. The minimum atomic E-state index is -4.63. The number of benzene rings is 1. The van der Waals surface area contributed by atoms with Gasteiger partial charge in [-0.1, -0.05) is 12.1 Å². The third kappa shape index (κ3) is 1.42. The summed E-state index contributed by atoms with van der Waals surface area (Å²) in [5.74, 6) is -0.117. The van der Waals surface area contributed by atoms with Crippen molar-refractivity contribution in [2.75, 3.05) is 11.9 Å². The van der Waals surface area contributed by atoms with Crippen molar-refractivity contribution in [1.82, 2.24) is 0 Å². The SMILES string of the molecule is FC(F)(F)Oc1cccc2c1NCC21CC1. The fourth-order valence-corrected chi connectivity index (χ4v) is 2.31. The van der Waals surface area contributed by atoms with E-state index in [0.29, 0.717) is 5.69 Å². The molecule has 86 valence electrons. The van der Waals surface area contributed by atoms with Crippen LogP contribution in [-0.2, 0) is 5.41 Å². The van der Waals surface area contributed by atoms with E-state index in [-0.39, 0.29) is 11.2 Å². The van der Waals surface area contributed by atoms with Crippen LogP contribution in [0.1, 0.15) is 18.4 Å². The number of anilines is 1. The van der Waals surface area contributed by atoms with Crippen molar-refractivity contribution < 1.29 is 17.9 Å². The predicted octanol–water partition coefficient (Wildman–Crippen LogP) is 3.04. The number of hydrogen-bond donors (Lipinski definition) is 1. The fraction of sp³-hybridized carbons (Fsp3) is 0.455. The summed E-state index contributed by atoms with van der Waals surface area (Å²) in [7, 11) is 0. The van der Waals surface area contributed by atoms with Crippen molar-refractivity contribution in [2.45, 2.75) is 24.6 Å². The smallest absolute Gasteiger partial charge is 0.404 e. The largest absolute Gasteiger partial charge is 0.573 e. The van der Waals surface area contributed by atoms with Crippen LogP contribution in [0.15, 0.2) is 18.2 Å². The molecule has 1 aliphatic heterocycles. The van der Waals surface area contributed by atoms with Gasteiger partial charge in [0.25, 0.3) is 0 Å². The summed E-state index contributed by atoms with van der Waals surface area (Å²) in [6.45, 7) is 0.723. The summed E-state index contributed by atoms with van der Waals surface area (Å²) in [5.41, 5.74) is 1.56. The quantitative estimate of drug-likeness (QED) is 0.799. The molecular formula is C11H10F3NO. The van der Waals surface area contributed by atoms with E-state index < -0.39 is 6.36 Å². The third-order valence-electron chi connectivity index (χ3n) is 3.28. The highest BCUT2D eigenvalue weighted by atomic mass is 19.4. The molecule has 0 unspecified atom stereocenters. The van der Waals surface area contributed by atoms with Crippen molar-refractivity contribution in [3.63, 3.8) is 0 Å². The minimum Gasteiger partial charge on any atom is -0.404 e. The fourth-order valence-electron chi connectivity index (χ4n) is 2.31. The van der Waals surface area contributed by atoms with E-state index in [1.165, 1.54) is 6.07 Å². The normalized spacial score (nSPS) is 20.4. The molecule has 0 amide bonds. The van der Waals surface area contributed by atoms with Gasteiger partial charge in [0.1, 0.15) is 0 Å². The van der Waals surface area contributed by atoms with Gasteiger partial charge in [-0.05, 0) is 24.5 Å². The second-order valence-electron chi connectivity index (χ2n) is 4.36. The van der Waals surface area contributed by atoms with Crippen LogP contribution in [0.3, 0.4) is 0 Å². The first-order valence-corrected chi connectivity index (χ1v) is 5.13. The Hall–Kier alpha value is -1.39. The summed E-state index contributed by atoms with van der Waals surface area (Å²) >= 11 is 0. The molecule has 2 nitrogen and oxygen atoms in total. The minimum absolute atomic E-state index is 0.0836. The van der Waals surface area contributed by atoms with E-state index in [0.717, 1.165) is 24.9 Å². The highest BCUT2D eigenvalue weighted by Gasteiger charge is 2.50. The number of fused-ring (bicyclic) bond motifs is 2. The molecule has 0 aromatic heterocycles. The Morgan fingerprint density at radius 3 is 2.62 bits per heavy atom. The molecule has 0 bridgehead atoms. The van der Waals surface area contributed by atoms with Gasteiger partial charge in [0.05, 0.1) is 5.69 Å². The van der Waals surface area contributed by atoms with Crippen LogP contribution in [0.25, 0.3) is 0 Å². The zero-order valence-corrected chi connectivity index (χ0v) is 8.40. The average molecular weight is 229 g/mol. The monoisotopic (exact) mass is 229 g/mol. The van der Waals surface area contributed by atoms with E-state index in [9.17, 15) is 13.2 Å². The van der Waals surface area contributed by atoms with Crippen molar-refractivity contribution in [3.05, 3.63) is 23.8 Å². The van der Waals surface area contributed by atoms with Crippen LogP contribution in [-0.4, -0.2) is 12.9 Å². The number of ether oxygens (including phenoxy) is 1. The second-order valence-corrected chi connectivity index (χ2v) is 4.36. The van der Waals surface area contributed by atoms with Crippen LogP contribution in [0.5, 0.6) is 5.75 Å². The summed E-state index contributed by atoms with van der Waals surface area (Å²) in [4.78, 5) is 0. The van der Waals surface area contributed by atoms with Gasteiger partial charge in [0, 0.05) is 12.0 Å². The number of nitrogens with one attached hydrogen (secondary N) is 1. The van der Waals surface area contributed by atoms with Crippen molar-refractivity contribution in [3.8, 4) is 5.75 Å². The number of halogens is 3. The molecule has 0 radical (unpaired) electrons. The van der Waals surface area contributed by atoms with Crippen LogP contribution in [0.4, 0.5) is 18.9 Å². The summed E-state index contributed by atoms with van der Waals surface area (Å²) in [5, 5.41) is 3.02. The number of para-hydroxylation sites is 1. The molecule has 1 heterocycles. The van der Waals surface area contributed by atoms with E-state index in [4.69, 9.17) is 0 Å². The van der Waals surface area contributed by atoms with Crippen molar-refractivity contribution in [2.24, 2.45) is 0 Å². The lowest BCUT2D eigenvalue weighted by atomic mass is 9.98. The molecular weight excluding hydrogens is 219 g/mol. The lowest BCUT2D eigenvalue weighted by Gasteiger charge is -2.13. The first-order valence-electron chi connectivity index (χ1n) is 5.13. The van der Waals surface area contributed by atoms with Gasteiger partial charge in [-0.2, -0.15) is 0 Å². The van der Waals surface area contributed by atoms with Gasteiger partial charge in [-0.25, -0.2) is 0 Å². The Morgan fingerprint density at radius 2 is 2.00 bits per heavy atom. The second kappa shape index (κ2) is 2.84. The molecule has 1 fully saturated rings. The standard InChI is InChI=1S/C11H10F3NO/c12-11(13,14)16-8-3-1-2-7-9(8)15-6-10(7)4-5-10/h1-3,15H,4-6H2. The van der Waals surface area contributed by atoms with Crippen LogP contribution in [0, 0.1) is 0 Å². The lowest BCUT2D eigenvalue weighted by molar-refractivity contribution is -0.274. The highest BCUT2D eigenvalue weighted by molar-refractivity contribution is 5.70. The molecule has 5 heteroatoms. The van der Waals surface area contributed by atoms with E-state index >= 15 is 0 Å². The Balaban J connectivity index is 1.99. The Bertz CT molecular complexity index is 437. The van der Waals surface area contributed by atoms with Gasteiger partial charge >= 0.3 is 6.36 Å². The topological polar surface area (TPSA) is 21.3 Å². The van der Waals surface area contributed by atoms with Gasteiger partial charge in [-0.15, -0.1) is 13.2 Å². The first-order chi connectivity index (χ1) is 7.50. The highest BCUT2D eigenvalue weighted by Crippen LogP contribution is 2.56. The zero-order valence-electron chi connectivity index (χ0n) is 8.40. The maximum absolute atomic E-state index is 12.2. The molecule has 1 aromatic rings. The molecule has 0 atom stereocenters. The van der Waals surface area contributed by atoms with E-state index in [1.807, 2.05) is 6.07 Å². The van der Waals surface area contributed by atoms with Crippen molar-refractivity contribution >= 4 is 5.69 Å². The average Bonchev–Trinajstić information content (AvgIpc) is 2.84. The Kier molecular flexibility index (Phi) is 1.74. The molecule has 1 aliphatic carbocycles. The number of hydrogen-bond acceptors (Lipinski definition) is 2. The maximum Gasteiger partial charge on any atom is 0.573 e. The van der Waals surface area contributed by atoms with Gasteiger partial charge < -0.3 is 10.1 Å². The van der Waals surface area contributed by atoms with Gasteiger partial charge in [0.15, 0.2) is 5.75 Å². The number of rotatable bonds is 1. The molecule has 16 heavy (non-hydrogen) atoms. The van der Waals surface area contributed by atoms with Gasteiger partial charge in [0.2, 0.25) is 0 Å². The molecule has 1 spiro atoms. The summed E-state index contributed by atoms with van der Waals surface area (Å²) in [6.07, 6.45) is -2.54. The number of alkyl halides is 3. The zero-order chi connectivity index (χ0) is 11.4. The molecule has 2 aliphatic rings. The molecule has 1 aromatic carbocycles. The first kappa shape index (κ1) is 9.81. The lowest BCUT2D eigenvalue weighted by Crippen LogP contribution is -2.17.